The molecule has 1 saturated heterocycles. The highest BCUT2D eigenvalue weighted by Crippen LogP contribution is 2.27. The molecule has 7 heteroatoms. The van der Waals surface area contributed by atoms with Crippen molar-refractivity contribution in [3.63, 3.8) is 0 Å². The summed E-state index contributed by atoms with van der Waals surface area (Å²) in [6.45, 7) is 6.17. The molecule has 3 rings (SSSR count). The summed E-state index contributed by atoms with van der Waals surface area (Å²) in [6, 6.07) is 12.8. The molecular formula is C20H23N3O4. The van der Waals surface area contributed by atoms with Crippen molar-refractivity contribution in [3.8, 4) is 0 Å². The fourth-order valence-electron chi connectivity index (χ4n) is 3.40. The van der Waals surface area contributed by atoms with Crippen molar-refractivity contribution in [2.75, 3.05) is 38.2 Å². The number of benzene rings is 2. The Morgan fingerprint density at radius 2 is 1.89 bits per heavy atom. The van der Waals surface area contributed by atoms with Crippen molar-refractivity contribution in [3.05, 3.63) is 69.3 Å². The topological polar surface area (TPSA) is 75.9 Å². The largest absolute Gasteiger partial charge is 0.465 e. The summed E-state index contributed by atoms with van der Waals surface area (Å²) in [5.74, 6) is -0.559. The molecule has 1 aliphatic rings. The van der Waals surface area contributed by atoms with Gasteiger partial charge < -0.3 is 9.64 Å². The van der Waals surface area contributed by atoms with E-state index < -0.39 is 10.9 Å². The van der Waals surface area contributed by atoms with Crippen LogP contribution >= 0.6 is 0 Å². The van der Waals surface area contributed by atoms with Gasteiger partial charge >= 0.3 is 5.97 Å². The van der Waals surface area contributed by atoms with E-state index in [1.54, 1.807) is 6.07 Å². The molecule has 7 nitrogen and oxygen atoms in total. The average Bonchev–Trinajstić information content (AvgIpc) is 2.67. The number of carbonyl (C=O) groups is 1. The second-order valence-electron chi connectivity index (χ2n) is 6.70. The fraction of sp³-hybridized carbons (Fsp3) is 0.350. The summed E-state index contributed by atoms with van der Waals surface area (Å²) >= 11 is 0. The monoisotopic (exact) mass is 369 g/mol. The van der Waals surface area contributed by atoms with Crippen LogP contribution in [0.4, 0.5) is 11.4 Å². The highest BCUT2D eigenvalue weighted by atomic mass is 16.6. The molecule has 0 amide bonds. The molecule has 0 spiro atoms. The first-order chi connectivity index (χ1) is 13.0. The van der Waals surface area contributed by atoms with Crippen molar-refractivity contribution < 1.29 is 14.5 Å². The first-order valence-corrected chi connectivity index (χ1v) is 8.87. The summed E-state index contributed by atoms with van der Waals surface area (Å²) in [5.41, 5.74) is 3.34. The number of piperazine rings is 1. The van der Waals surface area contributed by atoms with E-state index in [0.29, 0.717) is 5.69 Å². The van der Waals surface area contributed by atoms with E-state index in [1.807, 2.05) is 0 Å². The Bertz CT molecular complexity index is 845. The van der Waals surface area contributed by atoms with Crippen molar-refractivity contribution in [2.45, 2.75) is 13.5 Å². The zero-order valence-electron chi connectivity index (χ0n) is 15.6. The van der Waals surface area contributed by atoms with Crippen LogP contribution in [0.25, 0.3) is 0 Å². The Hall–Kier alpha value is -2.93. The fourth-order valence-corrected chi connectivity index (χ4v) is 3.40. The minimum absolute atomic E-state index is 0.114. The van der Waals surface area contributed by atoms with Crippen LogP contribution in [0.2, 0.25) is 0 Å². The van der Waals surface area contributed by atoms with Gasteiger partial charge in [-0.3, -0.25) is 15.0 Å². The third-order valence-corrected chi connectivity index (χ3v) is 4.80. The lowest BCUT2D eigenvalue weighted by molar-refractivity contribution is -0.384. The quantitative estimate of drug-likeness (QED) is 0.458. The minimum atomic E-state index is -0.559. The van der Waals surface area contributed by atoms with E-state index in [1.165, 1.54) is 30.4 Å². The average molecular weight is 369 g/mol. The van der Waals surface area contributed by atoms with Gasteiger partial charge in [0.2, 0.25) is 0 Å². The lowest BCUT2D eigenvalue weighted by Gasteiger charge is -2.36. The summed E-state index contributed by atoms with van der Waals surface area (Å²) in [7, 11) is 1.28. The van der Waals surface area contributed by atoms with E-state index in [4.69, 9.17) is 4.74 Å². The third kappa shape index (κ3) is 4.43. The van der Waals surface area contributed by atoms with Gasteiger partial charge in [0, 0.05) is 44.9 Å². The van der Waals surface area contributed by atoms with Gasteiger partial charge in [-0.1, -0.05) is 29.8 Å². The molecule has 27 heavy (non-hydrogen) atoms. The number of nitrogens with zero attached hydrogens (tertiary/aromatic N) is 3. The summed E-state index contributed by atoms with van der Waals surface area (Å²) < 4.78 is 4.82. The summed E-state index contributed by atoms with van der Waals surface area (Å²) in [5, 5.41) is 11.0. The second kappa shape index (κ2) is 8.18. The molecule has 1 fully saturated rings. The minimum Gasteiger partial charge on any atom is -0.465 e. The van der Waals surface area contributed by atoms with Crippen molar-refractivity contribution in [2.24, 2.45) is 0 Å². The molecule has 1 aliphatic heterocycles. The first kappa shape index (κ1) is 18.8. The maximum Gasteiger partial charge on any atom is 0.340 e. The van der Waals surface area contributed by atoms with Crippen LogP contribution in [0.15, 0.2) is 42.5 Å². The van der Waals surface area contributed by atoms with Gasteiger partial charge in [-0.25, -0.2) is 4.79 Å². The number of nitro groups is 1. The third-order valence-electron chi connectivity index (χ3n) is 4.80. The molecule has 0 saturated carbocycles. The van der Waals surface area contributed by atoms with E-state index >= 15 is 0 Å². The van der Waals surface area contributed by atoms with Gasteiger partial charge in [0.15, 0.2) is 0 Å². The number of hydrogen-bond acceptors (Lipinski definition) is 6. The van der Waals surface area contributed by atoms with Crippen LogP contribution in [0, 0.1) is 17.0 Å². The molecule has 142 valence electrons. The molecule has 0 aliphatic carbocycles. The van der Waals surface area contributed by atoms with Gasteiger partial charge in [-0.15, -0.1) is 0 Å². The van der Waals surface area contributed by atoms with Gasteiger partial charge in [0.1, 0.15) is 0 Å². The molecule has 0 unspecified atom stereocenters. The number of esters is 1. The summed E-state index contributed by atoms with van der Waals surface area (Å²) in [4.78, 5) is 27.1. The highest BCUT2D eigenvalue weighted by Gasteiger charge is 2.24. The van der Waals surface area contributed by atoms with Crippen LogP contribution in [0.3, 0.4) is 0 Å². The Kier molecular flexibility index (Phi) is 5.71. The highest BCUT2D eigenvalue weighted by molar-refractivity contribution is 5.96. The van der Waals surface area contributed by atoms with E-state index in [2.05, 4.69) is 41.0 Å². The summed E-state index contributed by atoms with van der Waals surface area (Å²) in [6.07, 6.45) is 0. The maximum absolute atomic E-state index is 12.1. The molecule has 0 aromatic heterocycles. The number of carbonyl (C=O) groups excluding carboxylic acids is 1. The normalized spacial score (nSPS) is 14.8. The van der Waals surface area contributed by atoms with E-state index in [9.17, 15) is 14.9 Å². The zero-order valence-corrected chi connectivity index (χ0v) is 15.6. The van der Waals surface area contributed by atoms with Crippen molar-refractivity contribution >= 4 is 17.3 Å². The smallest absolute Gasteiger partial charge is 0.340 e. The van der Waals surface area contributed by atoms with Gasteiger partial charge in [-0.05, 0) is 18.6 Å². The Labute approximate surface area is 158 Å². The molecule has 0 atom stereocenters. The number of rotatable bonds is 5. The van der Waals surface area contributed by atoms with Gasteiger partial charge in [-0.2, -0.15) is 0 Å². The van der Waals surface area contributed by atoms with E-state index in [-0.39, 0.29) is 11.3 Å². The number of anilines is 1. The van der Waals surface area contributed by atoms with Crippen LogP contribution < -0.4 is 4.90 Å². The zero-order chi connectivity index (χ0) is 19.4. The predicted molar refractivity (Wildman–Crippen MR) is 103 cm³/mol. The Balaban J connectivity index is 1.71. The number of non-ortho nitro benzene ring substituents is 1. The van der Waals surface area contributed by atoms with Crippen LogP contribution in [-0.4, -0.2) is 49.1 Å². The van der Waals surface area contributed by atoms with Crippen molar-refractivity contribution in [1.82, 2.24) is 4.90 Å². The molecule has 1 heterocycles. The Morgan fingerprint density at radius 1 is 1.15 bits per heavy atom. The number of nitro benzene ring substituents is 1. The molecule has 0 bridgehead atoms. The lowest BCUT2D eigenvalue weighted by atomic mass is 10.1. The standard InChI is InChI=1S/C20H23N3O4/c1-15-4-3-5-16(12-15)14-21-8-10-22(11-9-21)19-7-6-17(23(25)26)13-18(19)20(24)27-2/h3-7,12-13H,8-11,14H2,1-2H3. The van der Waals surface area contributed by atoms with Gasteiger partial charge in [0.25, 0.3) is 5.69 Å². The first-order valence-electron chi connectivity index (χ1n) is 8.87. The van der Waals surface area contributed by atoms with Gasteiger partial charge in [0.05, 0.1) is 23.3 Å². The number of methoxy groups -OCH3 is 1. The second-order valence-corrected chi connectivity index (χ2v) is 6.70. The van der Waals surface area contributed by atoms with Crippen LogP contribution in [-0.2, 0) is 11.3 Å². The van der Waals surface area contributed by atoms with E-state index in [0.717, 1.165) is 32.7 Å². The number of hydrogen-bond donors (Lipinski definition) is 0. The van der Waals surface area contributed by atoms with Crippen LogP contribution in [0.5, 0.6) is 0 Å². The predicted octanol–water partition coefficient (Wildman–Crippen LogP) is 3.01. The molecule has 0 radical (unpaired) electrons. The maximum atomic E-state index is 12.1. The molecular weight excluding hydrogens is 346 g/mol. The molecule has 2 aromatic carbocycles. The SMILES string of the molecule is COC(=O)c1cc([N+](=O)[O-])ccc1N1CCN(Cc2cccc(C)c2)CC1. The molecule has 0 N–H and O–H groups in total. The number of ether oxygens (including phenoxy) is 1. The van der Waals surface area contributed by atoms with Crippen molar-refractivity contribution in [1.29, 1.82) is 0 Å². The lowest BCUT2D eigenvalue weighted by Crippen LogP contribution is -2.46. The number of aryl methyl sites for hydroxylation is 1. The van der Waals surface area contributed by atoms with Crippen LogP contribution in [0.1, 0.15) is 21.5 Å². The molecule has 2 aromatic rings. The Morgan fingerprint density at radius 3 is 2.52 bits per heavy atom.